The minimum absolute atomic E-state index is 0.0752. The highest BCUT2D eigenvalue weighted by Gasteiger charge is 2.28. The van der Waals surface area contributed by atoms with Crippen LogP contribution in [0, 0.1) is 5.82 Å². The summed E-state index contributed by atoms with van der Waals surface area (Å²) < 4.78 is 18.8. The van der Waals surface area contributed by atoms with Crippen LogP contribution in [0.25, 0.3) is 0 Å². The van der Waals surface area contributed by atoms with Gasteiger partial charge in [-0.15, -0.1) is 23.1 Å². The second kappa shape index (κ2) is 8.01. The summed E-state index contributed by atoms with van der Waals surface area (Å²) in [5.41, 5.74) is 1.49. The Morgan fingerprint density at radius 1 is 1.32 bits per heavy atom. The molecule has 1 aromatic carbocycles. The first-order valence-electron chi connectivity index (χ1n) is 8.09. The van der Waals surface area contributed by atoms with Crippen molar-refractivity contribution in [2.45, 2.75) is 31.1 Å². The van der Waals surface area contributed by atoms with Gasteiger partial charge >= 0.3 is 5.97 Å². The Bertz CT molecular complexity index is 804. The van der Waals surface area contributed by atoms with Crippen molar-refractivity contribution < 1.29 is 18.7 Å². The lowest BCUT2D eigenvalue weighted by atomic mass is 10.1. The monoisotopic (exact) mass is 379 g/mol. The summed E-state index contributed by atoms with van der Waals surface area (Å²) >= 11 is 2.57. The summed E-state index contributed by atoms with van der Waals surface area (Å²) in [4.78, 5) is 26.1. The Morgan fingerprint density at radius 3 is 2.88 bits per heavy atom. The molecule has 1 heterocycles. The van der Waals surface area contributed by atoms with Crippen LogP contribution in [-0.4, -0.2) is 24.2 Å². The van der Waals surface area contributed by atoms with Gasteiger partial charge in [0.1, 0.15) is 10.8 Å². The average Bonchev–Trinajstić information content (AvgIpc) is 3.14. The van der Waals surface area contributed by atoms with E-state index in [1.54, 1.807) is 25.1 Å². The molecule has 0 bridgehead atoms. The van der Waals surface area contributed by atoms with E-state index in [0.29, 0.717) is 22.1 Å². The number of carbonyl (C=O) groups excluding carboxylic acids is 2. The molecule has 0 unspecified atom stereocenters. The van der Waals surface area contributed by atoms with Crippen molar-refractivity contribution in [3.8, 4) is 0 Å². The molecule has 0 saturated heterocycles. The van der Waals surface area contributed by atoms with Crippen molar-refractivity contribution in [3.05, 3.63) is 46.1 Å². The normalized spacial score (nSPS) is 12.7. The summed E-state index contributed by atoms with van der Waals surface area (Å²) in [6.07, 6.45) is 2.77. The molecule has 0 saturated carbocycles. The Morgan fingerprint density at radius 2 is 2.12 bits per heavy atom. The molecule has 25 heavy (non-hydrogen) atoms. The molecule has 0 aliphatic heterocycles. The molecular formula is C18H18FNO3S2. The van der Waals surface area contributed by atoms with Crippen LogP contribution in [0.15, 0.2) is 29.2 Å². The molecule has 7 heteroatoms. The number of halogens is 1. The van der Waals surface area contributed by atoms with E-state index in [4.69, 9.17) is 4.74 Å². The van der Waals surface area contributed by atoms with E-state index in [0.717, 1.165) is 41.5 Å². The number of thiophene rings is 1. The summed E-state index contributed by atoms with van der Waals surface area (Å²) in [7, 11) is 0. The number of anilines is 1. The van der Waals surface area contributed by atoms with Gasteiger partial charge in [0.15, 0.2) is 0 Å². The van der Waals surface area contributed by atoms with Crippen LogP contribution in [0.3, 0.4) is 0 Å². The van der Waals surface area contributed by atoms with Gasteiger partial charge in [-0.1, -0.05) is 12.1 Å². The standard InChI is InChI=1S/C18H18FNO3S2/c1-2-23-18(22)16-11-6-5-9-13(11)25-17(16)20-15(21)10-24-14-8-4-3-7-12(14)19/h3-4,7-8H,2,5-6,9-10H2,1H3,(H,20,21). The van der Waals surface area contributed by atoms with E-state index in [9.17, 15) is 14.0 Å². The zero-order valence-corrected chi connectivity index (χ0v) is 15.4. The maximum atomic E-state index is 13.6. The quantitative estimate of drug-likeness (QED) is 0.601. The van der Waals surface area contributed by atoms with Crippen molar-refractivity contribution in [1.29, 1.82) is 0 Å². The predicted octanol–water partition coefficient (Wildman–Crippen LogP) is 4.28. The van der Waals surface area contributed by atoms with Gasteiger partial charge in [0.25, 0.3) is 0 Å². The Hall–Kier alpha value is -1.86. The number of benzene rings is 1. The topological polar surface area (TPSA) is 55.4 Å². The summed E-state index contributed by atoms with van der Waals surface area (Å²) in [6.45, 7) is 2.05. The van der Waals surface area contributed by atoms with E-state index in [-0.39, 0.29) is 23.4 Å². The molecule has 3 rings (SSSR count). The molecule has 2 aromatic rings. The van der Waals surface area contributed by atoms with E-state index in [1.165, 1.54) is 17.4 Å². The van der Waals surface area contributed by atoms with Crippen molar-refractivity contribution in [2.75, 3.05) is 17.7 Å². The minimum Gasteiger partial charge on any atom is -0.462 e. The molecule has 1 N–H and O–H groups in total. The van der Waals surface area contributed by atoms with Crippen molar-refractivity contribution >= 4 is 40.0 Å². The highest BCUT2D eigenvalue weighted by Crippen LogP contribution is 2.39. The smallest absolute Gasteiger partial charge is 0.341 e. The molecule has 1 aromatic heterocycles. The molecule has 1 amide bonds. The number of hydrogen-bond donors (Lipinski definition) is 1. The Kier molecular flexibility index (Phi) is 5.75. The maximum Gasteiger partial charge on any atom is 0.341 e. The lowest BCUT2D eigenvalue weighted by molar-refractivity contribution is -0.113. The lowest BCUT2D eigenvalue weighted by Crippen LogP contribution is -2.16. The third-order valence-corrected chi connectivity index (χ3v) is 6.11. The fourth-order valence-electron chi connectivity index (χ4n) is 2.78. The zero-order chi connectivity index (χ0) is 17.8. The number of carbonyl (C=O) groups is 2. The zero-order valence-electron chi connectivity index (χ0n) is 13.8. The highest BCUT2D eigenvalue weighted by molar-refractivity contribution is 8.00. The number of ether oxygens (including phenoxy) is 1. The lowest BCUT2D eigenvalue weighted by Gasteiger charge is -2.08. The number of nitrogens with one attached hydrogen (secondary N) is 1. The number of aryl methyl sites for hydroxylation is 1. The first-order valence-corrected chi connectivity index (χ1v) is 9.89. The van der Waals surface area contributed by atoms with Gasteiger partial charge in [0.2, 0.25) is 5.91 Å². The van der Waals surface area contributed by atoms with Gasteiger partial charge in [-0.05, 0) is 43.9 Å². The van der Waals surface area contributed by atoms with Crippen LogP contribution in [0.1, 0.15) is 34.1 Å². The van der Waals surface area contributed by atoms with Gasteiger partial charge in [-0.3, -0.25) is 4.79 Å². The van der Waals surface area contributed by atoms with Gasteiger partial charge in [-0.25, -0.2) is 9.18 Å². The van der Waals surface area contributed by atoms with Gasteiger partial charge in [-0.2, -0.15) is 0 Å². The number of thioether (sulfide) groups is 1. The van der Waals surface area contributed by atoms with Crippen LogP contribution in [0.4, 0.5) is 9.39 Å². The Balaban J connectivity index is 1.71. The third-order valence-electron chi connectivity index (χ3n) is 3.85. The summed E-state index contributed by atoms with van der Waals surface area (Å²) in [6, 6.07) is 6.34. The van der Waals surface area contributed by atoms with Crippen LogP contribution in [-0.2, 0) is 22.4 Å². The largest absolute Gasteiger partial charge is 0.462 e. The van der Waals surface area contributed by atoms with Gasteiger partial charge in [0.05, 0.1) is 17.9 Å². The first-order chi connectivity index (χ1) is 12.1. The molecule has 0 atom stereocenters. The molecule has 132 valence electrons. The fraction of sp³-hybridized carbons (Fsp3) is 0.333. The maximum absolute atomic E-state index is 13.6. The second-order valence-electron chi connectivity index (χ2n) is 5.55. The van der Waals surface area contributed by atoms with E-state index >= 15 is 0 Å². The number of hydrogen-bond acceptors (Lipinski definition) is 5. The minimum atomic E-state index is -0.390. The molecule has 0 radical (unpaired) electrons. The summed E-state index contributed by atoms with van der Waals surface area (Å²) in [5.74, 6) is -0.925. The molecular weight excluding hydrogens is 361 g/mol. The van der Waals surface area contributed by atoms with Crippen molar-refractivity contribution in [3.63, 3.8) is 0 Å². The van der Waals surface area contributed by atoms with E-state index in [2.05, 4.69) is 5.32 Å². The van der Waals surface area contributed by atoms with Crippen LogP contribution in [0.5, 0.6) is 0 Å². The molecule has 0 fully saturated rings. The van der Waals surface area contributed by atoms with E-state index < -0.39 is 0 Å². The first kappa shape index (κ1) is 17.9. The number of amides is 1. The third kappa shape index (κ3) is 4.04. The second-order valence-corrected chi connectivity index (χ2v) is 7.67. The van der Waals surface area contributed by atoms with Crippen LogP contribution < -0.4 is 5.32 Å². The Labute approximate surface area is 153 Å². The fourth-order valence-corrected chi connectivity index (χ4v) is 4.81. The van der Waals surface area contributed by atoms with Crippen LogP contribution in [0.2, 0.25) is 0 Å². The summed E-state index contributed by atoms with van der Waals surface area (Å²) in [5, 5.41) is 3.35. The molecule has 1 aliphatic rings. The molecule has 4 nitrogen and oxygen atoms in total. The average molecular weight is 379 g/mol. The number of fused-ring (bicyclic) bond motifs is 1. The molecule has 1 aliphatic carbocycles. The predicted molar refractivity (Wildman–Crippen MR) is 98.1 cm³/mol. The van der Waals surface area contributed by atoms with Gasteiger partial charge < -0.3 is 10.1 Å². The molecule has 0 spiro atoms. The van der Waals surface area contributed by atoms with Gasteiger partial charge in [0, 0.05) is 9.77 Å². The van der Waals surface area contributed by atoms with Crippen LogP contribution >= 0.6 is 23.1 Å². The van der Waals surface area contributed by atoms with Crippen molar-refractivity contribution in [2.24, 2.45) is 0 Å². The highest BCUT2D eigenvalue weighted by atomic mass is 32.2. The number of rotatable bonds is 6. The van der Waals surface area contributed by atoms with Crippen molar-refractivity contribution in [1.82, 2.24) is 0 Å². The number of esters is 1. The van der Waals surface area contributed by atoms with E-state index in [1.807, 2.05) is 0 Å². The SMILES string of the molecule is CCOC(=O)c1c(NC(=O)CSc2ccccc2F)sc2c1CCC2.